The number of carbonyl (C=O) groups excluding carboxylic acids is 2. The van der Waals surface area contributed by atoms with Gasteiger partial charge in [-0.3, -0.25) is 4.79 Å². The lowest BCUT2D eigenvalue weighted by Crippen LogP contribution is -2.30. The summed E-state index contributed by atoms with van der Waals surface area (Å²) in [5.41, 5.74) is 1.26. The summed E-state index contributed by atoms with van der Waals surface area (Å²) >= 11 is 12.4. The summed E-state index contributed by atoms with van der Waals surface area (Å²) in [4.78, 5) is 26.2. The van der Waals surface area contributed by atoms with Crippen LogP contribution in [0.5, 0.6) is 11.5 Å². The van der Waals surface area contributed by atoms with Gasteiger partial charge >= 0.3 is 6.03 Å². The van der Waals surface area contributed by atoms with Crippen LogP contribution in [0.3, 0.4) is 0 Å². The molecule has 0 spiro atoms. The van der Waals surface area contributed by atoms with E-state index >= 15 is 0 Å². The topological polar surface area (TPSA) is 67.9 Å². The summed E-state index contributed by atoms with van der Waals surface area (Å²) in [6.45, 7) is -0.0493. The van der Waals surface area contributed by atoms with Crippen LogP contribution in [0, 0.1) is 5.82 Å². The average molecular weight is 487 g/mol. The van der Waals surface area contributed by atoms with Crippen molar-refractivity contribution < 1.29 is 23.5 Å². The summed E-state index contributed by atoms with van der Waals surface area (Å²) in [6, 6.07) is 15.2. The molecule has 9 heteroatoms. The van der Waals surface area contributed by atoms with Crippen LogP contribution in [-0.4, -0.2) is 19.0 Å². The van der Waals surface area contributed by atoms with Crippen molar-refractivity contribution in [3.05, 3.63) is 93.4 Å². The molecule has 1 fully saturated rings. The molecule has 0 radical (unpaired) electrons. The monoisotopic (exact) mass is 486 g/mol. The van der Waals surface area contributed by atoms with Gasteiger partial charge < -0.3 is 14.8 Å². The molecule has 168 valence electrons. The fourth-order valence-electron chi connectivity index (χ4n) is 3.28. The van der Waals surface area contributed by atoms with Crippen molar-refractivity contribution in [1.29, 1.82) is 0 Å². The number of urea groups is 1. The Morgan fingerprint density at radius 1 is 1.06 bits per heavy atom. The van der Waals surface area contributed by atoms with Crippen LogP contribution in [-0.2, 0) is 11.4 Å². The van der Waals surface area contributed by atoms with E-state index in [1.807, 2.05) is 0 Å². The highest BCUT2D eigenvalue weighted by Crippen LogP contribution is 2.38. The first-order valence-electron chi connectivity index (χ1n) is 9.74. The quantitative estimate of drug-likeness (QED) is 0.352. The van der Waals surface area contributed by atoms with Gasteiger partial charge in [0.2, 0.25) is 0 Å². The third-order valence-electron chi connectivity index (χ3n) is 4.84. The lowest BCUT2D eigenvalue weighted by Gasteiger charge is -2.14. The molecule has 3 amide bonds. The lowest BCUT2D eigenvalue weighted by molar-refractivity contribution is -0.113. The number of hydrogen-bond acceptors (Lipinski definition) is 4. The molecule has 3 aromatic rings. The van der Waals surface area contributed by atoms with Crippen molar-refractivity contribution in [3.8, 4) is 11.5 Å². The smallest absolute Gasteiger partial charge is 0.333 e. The van der Waals surface area contributed by atoms with Gasteiger partial charge in [-0.05, 0) is 48.0 Å². The largest absolute Gasteiger partial charge is 0.493 e. The van der Waals surface area contributed by atoms with Crippen LogP contribution in [0.4, 0.5) is 14.9 Å². The summed E-state index contributed by atoms with van der Waals surface area (Å²) in [5, 5.41) is 3.13. The lowest BCUT2D eigenvalue weighted by atomic mass is 10.1. The maximum Gasteiger partial charge on any atom is 0.333 e. The van der Waals surface area contributed by atoms with E-state index in [2.05, 4.69) is 5.32 Å². The first-order chi connectivity index (χ1) is 15.9. The molecule has 0 bridgehead atoms. The number of nitrogens with zero attached hydrogens (tertiary/aromatic N) is 1. The van der Waals surface area contributed by atoms with Gasteiger partial charge in [0.25, 0.3) is 5.91 Å². The van der Waals surface area contributed by atoms with Gasteiger partial charge in [-0.15, -0.1) is 0 Å². The zero-order valence-electron chi connectivity index (χ0n) is 17.3. The number of benzene rings is 3. The highest BCUT2D eigenvalue weighted by Gasteiger charge is 2.35. The Hall–Kier alpha value is -3.55. The molecular formula is C24H17Cl2FN2O4. The first-order valence-corrected chi connectivity index (χ1v) is 10.5. The minimum atomic E-state index is -0.601. The Morgan fingerprint density at radius 2 is 1.85 bits per heavy atom. The number of anilines is 1. The van der Waals surface area contributed by atoms with Crippen molar-refractivity contribution in [3.63, 3.8) is 0 Å². The zero-order valence-corrected chi connectivity index (χ0v) is 18.8. The van der Waals surface area contributed by atoms with Gasteiger partial charge in [0.1, 0.15) is 18.1 Å². The number of methoxy groups -OCH3 is 1. The van der Waals surface area contributed by atoms with E-state index in [0.717, 1.165) is 4.90 Å². The molecule has 6 nitrogen and oxygen atoms in total. The number of rotatable bonds is 6. The Morgan fingerprint density at radius 3 is 2.58 bits per heavy atom. The van der Waals surface area contributed by atoms with E-state index in [-0.39, 0.29) is 28.8 Å². The van der Waals surface area contributed by atoms with Crippen molar-refractivity contribution in [2.24, 2.45) is 0 Å². The van der Waals surface area contributed by atoms with Crippen molar-refractivity contribution in [1.82, 2.24) is 5.32 Å². The van der Waals surface area contributed by atoms with Gasteiger partial charge in [-0.1, -0.05) is 47.5 Å². The number of hydrogen-bond donors (Lipinski definition) is 1. The highest BCUT2D eigenvalue weighted by atomic mass is 35.5. The van der Waals surface area contributed by atoms with Crippen LogP contribution in [0.15, 0.2) is 66.4 Å². The highest BCUT2D eigenvalue weighted by molar-refractivity contribution is 6.33. The van der Waals surface area contributed by atoms with Crippen molar-refractivity contribution in [2.45, 2.75) is 6.61 Å². The van der Waals surface area contributed by atoms with Gasteiger partial charge in [0.05, 0.1) is 17.8 Å². The number of ether oxygens (including phenoxy) is 2. The molecule has 0 atom stereocenters. The Bertz CT molecular complexity index is 1280. The van der Waals surface area contributed by atoms with E-state index in [0.29, 0.717) is 21.8 Å². The summed E-state index contributed by atoms with van der Waals surface area (Å²) in [5.74, 6) is -0.424. The summed E-state index contributed by atoms with van der Waals surface area (Å²) in [6.07, 6.45) is 1.47. The van der Waals surface area contributed by atoms with E-state index in [1.54, 1.807) is 48.5 Å². The molecule has 4 rings (SSSR count). The molecule has 0 aromatic heterocycles. The van der Waals surface area contributed by atoms with Crippen LogP contribution in [0.2, 0.25) is 10.0 Å². The third kappa shape index (κ3) is 4.79. The molecule has 0 aliphatic carbocycles. The second kappa shape index (κ2) is 9.52. The third-order valence-corrected chi connectivity index (χ3v) is 5.35. The fraction of sp³-hybridized carbons (Fsp3) is 0.0833. The molecule has 1 aliphatic rings. The minimum Gasteiger partial charge on any atom is -0.493 e. The number of carbonyl (C=O) groups is 2. The molecule has 1 aliphatic heterocycles. The molecule has 1 N–H and O–H groups in total. The summed E-state index contributed by atoms with van der Waals surface area (Å²) < 4.78 is 25.0. The maximum absolute atomic E-state index is 13.9. The SMILES string of the molecule is COc1cc(/C=C2/NC(=O)N(c3cccc(Cl)c3)C2=O)cc(Cl)c1OCc1ccccc1F. The normalized spacial score (nSPS) is 14.5. The first kappa shape index (κ1) is 22.6. The zero-order chi connectivity index (χ0) is 23.5. The number of halogens is 3. The van der Waals surface area contributed by atoms with Crippen LogP contribution < -0.4 is 19.7 Å². The molecule has 0 unspecified atom stereocenters. The molecule has 33 heavy (non-hydrogen) atoms. The second-order valence-electron chi connectivity index (χ2n) is 7.02. The predicted molar refractivity (Wildman–Crippen MR) is 124 cm³/mol. The Kier molecular flexibility index (Phi) is 6.53. The second-order valence-corrected chi connectivity index (χ2v) is 7.87. The van der Waals surface area contributed by atoms with Gasteiger partial charge in [-0.2, -0.15) is 0 Å². The maximum atomic E-state index is 13.9. The Balaban J connectivity index is 1.59. The Labute approximate surface area is 199 Å². The molecule has 1 heterocycles. The van der Waals surface area contributed by atoms with Crippen LogP contribution >= 0.6 is 23.2 Å². The fourth-order valence-corrected chi connectivity index (χ4v) is 3.74. The van der Waals surface area contributed by atoms with Crippen molar-refractivity contribution >= 4 is 46.9 Å². The molecular weight excluding hydrogens is 470 g/mol. The standard InChI is InChI=1S/C24H17Cl2FN2O4/c1-32-21-11-14(9-18(26)22(21)33-13-15-5-2-3-8-19(15)27)10-20-23(30)29(24(31)28-20)17-7-4-6-16(25)12-17/h2-12H,13H2,1H3,(H,28,31)/b20-10+. The summed E-state index contributed by atoms with van der Waals surface area (Å²) in [7, 11) is 1.43. The number of nitrogens with one attached hydrogen (secondary N) is 1. The van der Waals surface area contributed by atoms with Crippen LogP contribution in [0.1, 0.15) is 11.1 Å². The molecule has 1 saturated heterocycles. The number of amides is 3. The van der Waals surface area contributed by atoms with E-state index in [4.69, 9.17) is 32.7 Å². The predicted octanol–water partition coefficient (Wildman–Crippen LogP) is 5.82. The van der Waals surface area contributed by atoms with E-state index in [9.17, 15) is 14.0 Å². The van der Waals surface area contributed by atoms with E-state index < -0.39 is 17.8 Å². The van der Waals surface area contributed by atoms with Gasteiger partial charge in [0, 0.05) is 10.6 Å². The van der Waals surface area contributed by atoms with Crippen molar-refractivity contribution in [2.75, 3.05) is 12.0 Å². The van der Waals surface area contributed by atoms with Gasteiger partial charge in [0.15, 0.2) is 11.5 Å². The molecule has 3 aromatic carbocycles. The minimum absolute atomic E-state index is 0.0493. The van der Waals surface area contributed by atoms with Crippen LogP contribution in [0.25, 0.3) is 6.08 Å². The van der Waals surface area contributed by atoms with E-state index in [1.165, 1.54) is 25.3 Å². The molecule has 0 saturated carbocycles. The van der Waals surface area contributed by atoms with Gasteiger partial charge in [-0.25, -0.2) is 14.1 Å². The average Bonchev–Trinajstić information content (AvgIpc) is 3.06. The number of imide groups is 1.